The van der Waals surface area contributed by atoms with Gasteiger partial charge in [0.15, 0.2) is 0 Å². The van der Waals surface area contributed by atoms with Crippen LogP contribution in [0, 0.1) is 38.7 Å². The fraction of sp³-hybridized carbons (Fsp3) is 0.905. The summed E-state index contributed by atoms with van der Waals surface area (Å²) < 4.78 is 5.37. The summed E-state index contributed by atoms with van der Waals surface area (Å²) in [5.41, 5.74) is -2.39. The van der Waals surface area contributed by atoms with Gasteiger partial charge in [0.2, 0.25) is 0 Å². The molecular formula is C21H31NO7. The number of ether oxygens (including phenoxy) is 1. The molecule has 0 aromatic rings. The number of hydrogen-bond acceptors (Lipinski definition) is 7. The van der Waals surface area contributed by atoms with Crippen LogP contribution in [0.3, 0.4) is 0 Å². The smallest absolute Gasteiger partial charge is 0.302 e. The molecule has 0 spiro atoms. The predicted molar refractivity (Wildman–Crippen MR) is 101 cm³/mol. The summed E-state index contributed by atoms with van der Waals surface area (Å²) in [6.45, 7) is 5.40. The van der Waals surface area contributed by atoms with Crippen molar-refractivity contribution in [3.8, 4) is 0 Å². The summed E-state index contributed by atoms with van der Waals surface area (Å²) in [5.74, 6) is 0.346. The van der Waals surface area contributed by atoms with Crippen LogP contribution in [0.25, 0.3) is 0 Å². The first-order valence-corrected chi connectivity index (χ1v) is 10.8. The van der Waals surface area contributed by atoms with Gasteiger partial charge in [-0.05, 0) is 56.3 Å². The summed E-state index contributed by atoms with van der Waals surface area (Å²) in [5, 5.41) is 22.3. The molecule has 4 aliphatic carbocycles. The molecule has 0 aliphatic heterocycles. The van der Waals surface area contributed by atoms with Crippen molar-refractivity contribution in [3.63, 3.8) is 0 Å². The molecule has 162 valence electrons. The van der Waals surface area contributed by atoms with Crippen LogP contribution in [0.5, 0.6) is 0 Å². The summed E-state index contributed by atoms with van der Waals surface area (Å²) in [6.07, 6.45) is 3.28. The number of nitrogens with zero attached hydrogens (tertiary/aromatic N) is 1. The number of aliphatic hydroxyl groups is 1. The maximum atomic E-state index is 12.6. The van der Waals surface area contributed by atoms with Crippen LogP contribution in [0.4, 0.5) is 0 Å². The van der Waals surface area contributed by atoms with Gasteiger partial charge in [-0.1, -0.05) is 13.8 Å². The van der Waals surface area contributed by atoms with Crippen molar-refractivity contribution in [2.24, 2.45) is 28.6 Å². The van der Waals surface area contributed by atoms with Crippen LogP contribution in [0.2, 0.25) is 0 Å². The van der Waals surface area contributed by atoms with Crippen molar-refractivity contribution in [1.82, 2.24) is 0 Å². The Hall–Kier alpha value is -1.70. The summed E-state index contributed by atoms with van der Waals surface area (Å²) in [4.78, 5) is 40.4. The Bertz CT molecular complexity index is 741. The van der Waals surface area contributed by atoms with Gasteiger partial charge in [-0.3, -0.25) is 9.59 Å². The topological polar surface area (TPSA) is 116 Å². The number of rotatable bonds is 3. The normalized spacial score (nSPS) is 48.8. The second-order valence-corrected chi connectivity index (χ2v) is 10.2. The van der Waals surface area contributed by atoms with Crippen molar-refractivity contribution in [1.29, 1.82) is 0 Å². The zero-order valence-corrected chi connectivity index (χ0v) is 17.4. The van der Waals surface area contributed by atoms with Crippen LogP contribution in [0.15, 0.2) is 0 Å². The summed E-state index contributed by atoms with van der Waals surface area (Å²) >= 11 is 0. The Balaban J connectivity index is 1.71. The quantitative estimate of drug-likeness (QED) is 0.433. The standard InChI is InChI=1S/C21H31NO7/c1-12(23)28-13-6-9-20(3)16-7-8-19(2)15(4-5-17(19)24)14(16)10-18(29-22(26)27)21(20,25)11-13/h13-16,18,25H,4-11H2,1-3H3/t13-,14-,15-,16-,18+,19-,20+,21-/m0/s1. The van der Waals surface area contributed by atoms with Gasteiger partial charge in [-0.2, -0.15) is 0 Å². The minimum Gasteiger partial charge on any atom is -0.462 e. The molecule has 0 bridgehead atoms. The number of esters is 1. The Labute approximate surface area is 170 Å². The second kappa shape index (κ2) is 6.65. The molecule has 4 fully saturated rings. The molecule has 8 nitrogen and oxygen atoms in total. The fourth-order valence-corrected chi connectivity index (χ4v) is 7.56. The third-order valence-electron chi connectivity index (χ3n) is 9.04. The minimum atomic E-state index is -1.45. The number of fused-ring (bicyclic) bond motifs is 5. The van der Waals surface area contributed by atoms with Gasteiger partial charge in [-0.25, -0.2) is 0 Å². The number of carbonyl (C=O) groups excluding carboxylic acids is 2. The van der Waals surface area contributed by atoms with Gasteiger partial charge in [0.25, 0.3) is 5.09 Å². The average Bonchev–Trinajstić information content (AvgIpc) is 2.92. The molecule has 8 heteroatoms. The lowest BCUT2D eigenvalue weighted by molar-refractivity contribution is -0.775. The monoisotopic (exact) mass is 409 g/mol. The number of ketones is 1. The number of hydrogen-bond donors (Lipinski definition) is 1. The molecule has 0 radical (unpaired) electrons. The fourth-order valence-electron chi connectivity index (χ4n) is 7.56. The van der Waals surface area contributed by atoms with Gasteiger partial charge in [-0.15, -0.1) is 10.1 Å². The Kier molecular flexibility index (Phi) is 4.72. The Morgan fingerprint density at radius 3 is 2.59 bits per heavy atom. The van der Waals surface area contributed by atoms with E-state index in [-0.39, 0.29) is 29.6 Å². The molecule has 0 heterocycles. The highest BCUT2D eigenvalue weighted by Gasteiger charge is 2.68. The lowest BCUT2D eigenvalue weighted by atomic mass is 9.43. The van der Waals surface area contributed by atoms with E-state index in [1.54, 1.807) is 0 Å². The average molecular weight is 409 g/mol. The van der Waals surface area contributed by atoms with Gasteiger partial charge in [0, 0.05) is 30.6 Å². The number of carbonyl (C=O) groups is 2. The van der Waals surface area contributed by atoms with Crippen LogP contribution < -0.4 is 0 Å². The highest BCUT2D eigenvalue weighted by Crippen LogP contribution is 2.67. The first kappa shape index (κ1) is 20.6. The van der Waals surface area contributed by atoms with Crippen molar-refractivity contribution >= 4 is 11.8 Å². The van der Waals surface area contributed by atoms with E-state index in [1.165, 1.54) is 6.92 Å². The molecule has 4 saturated carbocycles. The van der Waals surface area contributed by atoms with Crippen LogP contribution in [0.1, 0.15) is 72.1 Å². The van der Waals surface area contributed by atoms with E-state index in [0.29, 0.717) is 31.5 Å². The third kappa shape index (κ3) is 2.89. The van der Waals surface area contributed by atoms with Crippen molar-refractivity contribution < 1.29 is 29.4 Å². The summed E-state index contributed by atoms with van der Waals surface area (Å²) in [6, 6.07) is 0. The van der Waals surface area contributed by atoms with E-state index in [1.807, 2.05) is 13.8 Å². The molecule has 0 saturated heterocycles. The predicted octanol–water partition coefficient (Wildman–Crippen LogP) is 2.83. The van der Waals surface area contributed by atoms with Gasteiger partial charge in [0.1, 0.15) is 23.6 Å². The van der Waals surface area contributed by atoms with Gasteiger partial charge in [0.05, 0.1) is 0 Å². The van der Waals surface area contributed by atoms with Crippen LogP contribution >= 0.6 is 0 Å². The van der Waals surface area contributed by atoms with Crippen molar-refractivity contribution in [3.05, 3.63) is 10.1 Å². The van der Waals surface area contributed by atoms with E-state index >= 15 is 0 Å². The van der Waals surface area contributed by atoms with Crippen LogP contribution in [-0.4, -0.2) is 39.8 Å². The molecule has 0 aromatic carbocycles. The first-order valence-electron chi connectivity index (χ1n) is 10.8. The molecule has 29 heavy (non-hydrogen) atoms. The van der Waals surface area contributed by atoms with Crippen LogP contribution in [-0.2, 0) is 19.2 Å². The zero-order valence-electron chi connectivity index (χ0n) is 17.4. The molecule has 1 N–H and O–H groups in total. The summed E-state index contributed by atoms with van der Waals surface area (Å²) in [7, 11) is 0. The Morgan fingerprint density at radius 1 is 1.21 bits per heavy atom. The lowest BCUT2D eigenvalue weighted by Gasteiger charge is -2.65. The molecule has 0 aromatic heterocycles. The first-order chi connectivity index (χ1) is 13.5. The molecule has 8 atom stereocenters. The van der Waals surface area contributed by atoms with Crippen molar-refractivity contribution in [2.45, 2.75) is 89.9 Å². The molecule has 0 amide bonds. The molecule has 4 rings (SSSR count). The Morgan fingerprint density at radius 2 is 1.93 bits per heavy atom. The van der Waals surface area contributed by atoms with Gasteiger partial charge >= 0.3 is 5.97 Å². The minimum absolute atomic E-state index is 0.112. The third-order valence-corrected chi connectivity index (χ3v) is 9.04. The molecule has 0 unspecified atom stereocenters. The van der Waals surface area contributed by atoms with E-state index in [4.69, 9.17) is 9.57 Å². The SMILES string of the molecule is CC(=O)O[C@H]1CC[C@]2(C)[C@H]3CC[C@]4(C)C(=O)CC[C@H]4[C@@H]3C[C@@H](O[N+](=O)[O-])[C@@]2(O)C1. The van der Waals surface area contributed by atoms with E-state index < -0.39 is 34.3 Å². The van der Waals surface area contributed by atoms with Crippen molar-refractivity contribution in [2.75, 3.05) is 0 Å². The largest absolute Gasteiger partial charge is 0.462 e. The lowest BCUT2D eigenvalue weighted by Crippen LogP contribution is -2.69. The number of Topliss-reactive ketones (excluding diaryl/α,β-unsaturated/α-hetero) is 1. The molecule has 4 aliphatic rings. The molecular weight excluding hydrogens is 378 g/mol. The van der Waals surface area contributed by atoms with Gasteiger partial charge < -0.3 is 14.7 Å². The highest BCUT2D eigenvalue weighted by atomic mass is 17.0. The zero-order chi connectivity index (χ0) is 21.2. The van der Waals surface area contributed by atoms with E-state index in [9.17, 15) is 24.8 Å². The highest BCUT2D eigenvalue weighted by molar-refractivity contribution is 5.87. The second-order valence-electron chi connectivity index (χ2n) is 10.2. The van der Waals surface area contributed by atoms with E-state index in [0.717, 1.165) is 19.3 Å². The van der Waals surface area contributed by atoms with E-state index in [2.05, 4.69) is 0 Å². The maximum Gasteiger partial charge on any atom is 0.302 e. The maximum absolute atomic E-state index is 12.6.